The van der Waals surface area contributed by atoms with Crippen LogP contribution < -0.4 is 4.74 Å². The van der Waals surface area contributed by atoms with Gasteiger partial charge in [0.05, 0.1) is 13.7 Å². The zero-order chi connectivity index (χ0) is 14.6. The molecule has 1 rings (SSSR count). The number of esters is 1. The van der Waals surface area contributed by atoms with E-state index in [1.165, 1.54) is 6.92 Å². The molecular weight excluding hydrogens is 262 g/mol. The van der Waals surface area contributed by atoms with Gasteiger partial charge in [0.2, 0.25) is 5.82 Å². The van der Waals surface area contributed by atoms with E-state index in [1.54, 1.807) is 0 Å². The van der Waals surface area contributed by atoms with Gasteiger partial charge in [-0.05, 0) is 24.6 Å². The molecule has 0 aliphatic carbocycles. The molecule has 1 aromatic carbocycles. The monoisotopic (exact) mass is 276 g/mol. The highest BCUT2D eigenvalue weighted by molar-refractivity contribution is 5.75. The Morgan fingerprint density at radius 2 is 2.00 bits per heavy atom. The molecule has 1 aromatic rings. The van der Waals surface area contributed by atoms with Gasteiger partial charge in [0.15, 0.2) is 17.7 Å². The molecule has 5 nitrogen and oxygen atoms in total. The van der Waals surface area contributed by atoms with Crippen molar-refractivity contribution in [2.45, 2.75) is 19.1 Å². The quantitative estimate of drug-likeness (QED) is 0.782. The Morgan fingerprint density at radius 3 is 2.53 bits per heavy atom. The molecule has 0 aromatic heterocycles. The smallest absolute Gasteiger partial charge is 0.338 e. The summed E-state index contributed by atoms with van der Waals surface area (Å²) in [5.41, 5.74) is -0.198. The highest BCUT2D eigenvalue weighted by Crippen LogP contribution is 2.27. The van der Waals surface area contributed by atoms with Crippen molar-refractivity contribution in [2.75, 3.05) is 13.7 Å². The molecule has 0 aliphatic heterocycles. The van der Waals surface area contributed by atoms with Gasteiger partial charge in [-0.3, -0.25) is 0 Å². The number of rotatable bonds is 5. The molecule has 0 aliphatic rings. The van der Waals surface area contributed by atoms with Crippen LogP contribution >= 0.6 is 0 Å². The van der Waals surface area contributed by atoms with Gasteiger partial charge >= 0.3 is 5.97 Å². The summed E-state index contributed by atoms with van der Waals surface area (Å²) in [5.74, 6) is -3.97. The first-order chi connectivity index (χ1) is 8.92. The summed E-state index contributed by atoms with van der Waals surface area (Å²) in [7, 11) is 1.12. The van der Waals surface area contributed by atoms with E-state index in [1.807, 2.05) is 0 Å². The number of carbonyl (C=O) groups is 1. The van der Waals surface area contributed by atoms with Gasteiger partial charge < -0.3 is 19.7 Å². The predicted octanol–water partition coefficient (Wildman–Crippen LogP) is 0.931. The SMILES string of the molecule is CCOC(=O)C(O)C(O)c1cc(F)c(F)c(OC)c1. The number of methoxy groups -OCH3 is 1. The second kappa shape index (κ2) is 6.44. The third kappa shape index (κ3) is 3.39. The van der Waals surface area contributed by atoms with E-state index in [0.717, 1.165) is 13.2 Å². The maximum absolute atomic E-state index is 13.2. The standard InChI is InChI=1S/C12H14F2O5/c1-3-19-12(17)11(16)10(15)6-4-7(13)9(14)8(5-6)18-2/h4-5,10-11,15-16H,3H2,1-2H3. The van der Waals surface area contributed by atoms with Gasteiger partial charge in [0, 0.05) is 0 Å². The van der Waals surface area contributed by atoms with Crippen LogP contribution in [-0.4, -0.2) is 36.0 Å². The fourth-order valence-corrected chi connectivity index (χ4v) is 1.44. The summed E-state index contributed by atoms with van der Waals surface area (Å²) in [6.07, 6.45) is -3.64. The lowest BCUT2D eigenvalue weighted by Crippen LogP contribution is -2.30. The number of carbonyl (C=O) groups excluding carboxylic acids is 1. The Hall–Kier alpha value is -1.73. The minimum atomic E-state index is -1.89. The summed E-state index contributed by atoms with van der Waals surface area (Å²) in [6.45, 7) is 1.54. The van der Waals surface area contributed by atoms with Crippen molar-refractivity contribution in [3.05, 3.63) is 29.3 Å². The molecule has 106 valence electrons. The zero-order valence-corrected chi connectivity index (χ0v) is 10.4. The zero-order valence-electron chi connectivity index (χ0n) is 10.4. The largest absolute Gasteiger partial charge is 0.494 e. The van der Waals surface area contributed by atoms with Crippen LogP contribution in [0.1, 0.15) is 18.6 Å². The molecule has 0 bridgehead atoms. The van der Waals surface area contributed by atoms with E-state index >= 15 is 0 Å². The topological polar surface area (TPSA) is 76.0 Å². The van der Waals surface area contributed by atoms with Crippen molar-refractivity contribution < 1.29 is 33.3 Å². The molecular formula is C12H14F2O5. The first-order valence-corrected chi connectivity index (χ1v) is 5.48. The highest BCUT2D eigenvalue weighted by Gasteiger charge is 2.28. The van der Waals surface area contributed by atoms with Crippen molar-refractivity contribution in [3.63, 3.8) is 0 Å². The third-order valence-electron chi connectivity index (χ3n) is 2.41. The van der Waals surface area contributed by atoms with Gasteiger partial charge in [0.1, 0.15) is 6.10 Å². The van der Waals surface area contributed by atoms with Crippen molar-refractivity contribution in [1.82, 2.24) is 0 Å². The van der Waals surface area contributed by atoms with E-state index in [9.17, 15) is 23.8 Å². The molecule has 7 heteroatoms. The molecule has 0 saturated carbocycles. The van der Waals surface area contributed by atoms with Crippen molar-refractivity contribution in [2.24, 2.45) is 0 Å². The summed E-state index contributed by atoms with van der Waals surface area (Å²) in [5, 5.41) is 19.2. The Bertz CT molecular complexity index is 464. The average molecular weight is 276 g/mol. The molecule has 0 saturated heterocycles. The normalized spacial score (nSPS) is 13.8. The number of hydrogen-bond acceptors (Lipinski definition) is 5. The average Bonchev–Trinajstić information content (AvgIpc) is 2.40. The van der Waals surface area contributed by atoms with Crippen LogP contribution in [0.2, 0.25) is 0 Å². The van der Waals surface area contributed by atoms with Crippen LogP contribution in [0.3, 0.4) is 0 Å². The molecule has 19 heavy (non-hydrogen) atoms. The number of hydrogen-bond donors (Lipinski definition) is 2. The molecule has 2 N–H and O–H groups in total. The number of aliphatic hydroxyl groups excluding tert-OH is 2. The van der Waals surface area contributed by atoms with Crippen LogP contribution in [0.4, 0.5) is 8.78 Å². The predicted molar refractivity (Wildman–Crippen MR) is 60.5 cm³/mol. The van der Waals surface area contributed by atoms with Gasteiger partial charge in [-0.2, -0.15) is 4.39 Å². The molecule has 0 amide bonds. The molecule has 0 heterocycles. The molecule has 0 spiro atoms. The van der Waals surface area contributed by atoms with Crippen molar-refractivity contribution >= 4 is 5.97 Å². The van der Waals surface area contributed by atoms with Crippen LogP contribution in [0, 0.1) is 11.6 Å². The maximum atomic E-state index is 13.2. The maximum Gasteiger partial charge on any atom is 0.338 e. The molecule has 0 fully saturated rings. The second-order valence-electron chi connectivity index (χ2n) is 3.66. The summed E-state index contributed by atoms with van der Waals surface area (Å²) >= 11 is 0. The van der Waals surface area contributed by atoms with Crippen molar-refractivity contribution in [1.29, 1.82) is 0 Å². The lowest BCUT2D eigenvalue weighted by atomic mass is 10.0. The van der Waals surface area contributed by atoms with E-state index < -0.39 is 35.6 Å². The van der Waals surface area contributed by atoms with Gasteiger partial charge in [-0.15, -0.1) is 0 Å². The van der Waals surface area contributed by atoms with Crippen LogP contribution in [0.5, 0.6) is 5.75 Å². The van der Waals surface area contributed by atoms with Gasteiger partial charge in [-0.25, -0.2) is 9.18 Å². The number of benzene rings is 1. The molecule has 2 atom stereocenters. The molecule has 2 unspecified atom stereocenters. The lowest BCUT2D eigenvalue weighted by Gasteiger charge is -2.17. The summed E-state index contributed by atoms with van der Waals surface area (Å²) in [4.78, 5) is 11.2. The minimum absolute atomic E-state index is 0.0176. The number of halogens is 2. The minimum Gasteiger partial charge on any atom is -0.494 e. The number of ether oxygens (including phenoxy) is 2. The Morgan fingerprint density at radius 1 is 1.37 bits per heavy atom. The van der Waals surface area contributed by atoms with Crippen LogP contribution in [0.25, 0.3) is 0 Å². The van der Waals surface area contributed by atoms with Crippen LogP contribution in [-0.2, 0) is 9.53 Å². The Labute approximate surface area is 108 Å². The fraction of sp³-hybridized carbons (Fsp3) is 0.417. The first kappa shape index (κ1) is 15.3. The summed E-state index contributed by atoms with van der Waals surface area (Å²) < 4.78 is 35.5. The summed E-state index contributed by atoms with van der Waals surface area (Å²) in [6, 6.07) is 1.66. The Balaban J connectivity index is 3.02. The van der Waals surface area contributed by atoms with Crippen LogP contribution in [0.15, 0.2) is 12.1 Å². The first-order valence-electron chi connectivity index (χ1n) is 5.48. The highest BCUT2D eigenvalue weighted by atomic mass is 19.2. The van der Waals surface area contributed by atoms with E-state index in [-0.39, 0.29) is 12.2 Å². The van der Waals surface area contributed by atoms with E-state index in [4.69, 9.17) is 0 Å². The lowest BCUT2D eigenvalue weighted by molar-refractivity contribution is -0.159. The third-order valence-corrected chi connectivity index (χ3v) is 2.41. The molecule has 0 radical (unpaired) electrons. The Kier molecular flexibility index (Phi) is 5.20. The van der Waals surface area contributed by atoms with E-state index in [0.29, 0.717) is 6.07 Å². The van der Waals surface area contributed by atoms with Crippen molar-refractivity contribution in [3.8, 4) is 5.75 Å². The van der Waals surface area contributed by atoms with E-state index in [2.05, 4.69) is 9.47 Å². The van der Waals surface area contributed by atoms with Gasteiger partial charge in [0.25, 0.3) is 0 Å². The number of aliphatic hydroxyl groups is 2. The fourth-order valence-electron chi connectivity index (χ4n) is 1.44. The van der Waals surface area contributed by atoms with Gasteiger partial charge in [-0.1, -0.05) is 0 Å². The second-order valence-corrected chi connectivity index (χ2v) is 3.66.